The molecular formula is C13H24O2. The first kappa shape index (κ1) is 12.7. The van der Waals surface area contributed by atoms with Crippen molar-refractivity contribution in [3.8, 4) is 0 Å². The van der Waals surface area contributed by atoms with Gasteiger partial charge in [0.25, 0.3) is 0 Å². The van der Waals surface area contributed by atoms with Gasteiger partial charge in [-0.3, -0.25) is 0 Å². The third-order valence-electron chi connectivity index (χ3n) is 3.76. The van der Waals surface area contributed by atoms with Crippen molar-refractivity contribution in [1.82, 2.24) is 0 Å². The van der Waals surface area contributed by atoms with Gasteiger partial charge in [-0.05, 0) is 18.3 Å². The van der Waals surface area contributed by atoms with Crippen LogP contribution in [0.25, 0.3) is 0 Å². The summed E-state index contributed by atoms with van der Waals surface area (Å²) < 4.78 is 11.6. The first-order chi connectivity index (χ1) is 7.11. The second-order valence-corrected chi connectivity index (χ2v) is 4.65. The van der Waals surface area contributed by atoms with E-state index in [9.17, 15) is 0 Å². The maximum atomic E-state index is 5.96. The van der Waals surface area contributed by atoms with Crippen LogP contribution in [-0.4, -0.2) is 19.0 Å². The van der Waals surface area contributed by atoms with Gasteiger partial charge in [-0.1, -0.05) is 33.8 Å². The lowest BCUT2D eigenvalue weighted by Gasteiger charge is -2.43. The minimum atomic E-state index is -0.0563. The monoisotopic (exact) mass is 212 g/mol. The van der Waals surface area contributed by atoms with Crippen molar-refractivity contribution in [2.45, 2.75) is 46.5 Å². The van der Waals surface area contributed by atoms with E-state index in [2.05, 4.69) is 34.3 Å². The Morgan fingerprint density at radius 1 is 1.20 bits per heavy atom. The predicted octanol–water partition coefficient (Wildman–Crippen LogP) is 3.23. The van der Waals surface area contributed by atoms with Crippen molar-refractivity contribution in [2.24, 2.45) is 17.8 Å². The van der Waals surface area contributed by atoms with Crippen molar-refractivity contribution >= 4 is 0 Å². The Kier molecular flexibility index (Phi) is 4.81. The zero-order chi connectivity index (χ0) is 11.4. The minimum Gasteiger partial charge on any atom is -0.349 e. The molecule has 2 heteroatoms. The van der Waals surface area contributed by atoms with E-state index in [1.54, 1.807) is 6.08 Å². The molecule has 1 aliphatic heterocycles. The van der Waals surface area contributed by atoms with Gasteiger partial charge in [-0.15, -0.1) is 6.58 Å². The molecule has 2 nitrogen and oxygen atoms in total. The maximum absolute atomic E-state index is 5.96. The van der Waals surface area contributed by atoms with Crippen molar-refractivity contribution < 1.29 is 9.47 Å². The molecule has 0 aromatic carbocycles. The SMILES string of the molecule is C=CCO[C@H]1OC(CC)[C@H](C)C(C)[C@H]1C. The summed E-state index contributed by atoms with van der Waals surface area (Å²) in [6.45, 7) is 13.2. The van der Waals surface area contributed by atoms with Gasteiger partial charge in [-0.25, -0.2) is 0 Å². The average Bonchev–Trinajstić information content (AvgIpc) is 2.25. The Labute approximate surface area is 93.7 Å². The van der Waals surface area contributed by atoms with E-state index in [0.29, 0.717) is 30.5 Å². The van der Waals surface area contributed by atoms with E-state index in [1.165, 1.54) is 0 Å². The zero-order valence-electron chi connectivity index (χ0n) is 10.4. The van der Waals surface area contributed by atoms with E-state index in [4.69, 9.17) is 9.47 Å². The van der Waals surface area contributed by atoms with Gasteiger partial charge in [0.05, 0.1) is 12.7 Å². The van der Waals surface area contributed by atoms with Crippen LogP contribution in [0.15, 0.2) is 12.7 Å². The van der Waals surface area contributed by atoms with Gasteiger partial charge < -0.3 is 9.47 Å². The quantitative estimate of drug-likeness (QED) is 0.666. The Bertz CT molecular complexity index is 201. The average molecular weight is 212 g/mol. The van der Waals surface area contributed by atoms with Crippen molar-refractivity contribution in [3.05, 3.63) is 12.7 Å². The third-order valence-corrected chi connectivity index (χ3v) is 3.76. The molecule has 2 unspecified atom stereocenters. The van der Waals surface area contributed by atoms with Crippen LogP contribution in [0.2, 0.25) is 0 Å². The smallest absolute Gasteiger partial charge is 0.161 e. The summed E-state index contributed by atoms with van der Waals surface area (Å²) in [5.74, 6) is 1.73. The number of hydrogen-bond donors (Lipinski definition) is 0. The molecule has 0 aliphatic carbocycles. The Morgan fingerprint density at radius 3 is 2.40 bits per heavy atom. The van der Waals surface area contributed by atoms with Gasteiger partial charge in [0.1, 0.15) is 0 Å². The fraction of sp³-hybridized carbons (Fsp3) is 0.846. The molecule has 88 valence electrons. The predicted molar refractivity (Wildman–Crippen MR) is 62.6 cm³/mol. The summed E-state index contributed by atoms with van der Waals surface area (Å²) in [7, 11) is 0. The van der Waals surface area contributed by atoms with Gasteiger partial charge >= 0.3 is 0 Å². The highest BCUT2D eigenvalue weighted by molar-refractivity contribution is 4.82. The molecule has 1 saturated heterocycles. The second-order valence-electron chi connectivity index (χ2n) is 4.65. The first-order valence-corrected chi connectivity index (χ1v) is 5.99. The van der Waals surface area contributed by atoms with E-state index in [-0.39, 0.29) is 6.29 Å². The third kappa shape index (κ3) is 2.82. The molecule has 0 saturated carbocycles. The molecule has 1 rings (SSSR count). The van der Waals surface area contributed by atoms with Crippen molar-refractivity contribution in [1.29, 1.82) is 0 Å². The zero-order valence-corrected chi connectivity index (χ0v) is 10.4. The molecule has 0 amide bonds. The van der Waals surface area contributed by atoms with E-state index in [1.807, 2.05) is 0 Å². The number of ether oxygens (including phenoxy) is 2. The van der Waals surface area contributed by atoms with Gasteiger partial charge in [0.15, 0.2) is 6.29 Å². The highest BCUT2D eigenvalue weighted by Crippen LogP contribution is 2.36. The molecule has 1 fully saturated rings. The summed E-state index contributed by atoms with van der Waals surface area (Å²) in [4.78, 5) is 0. The Balaban J connectivity index is 2.60. The summed E-state index contributed by atoms with van der Waals surface area (Å²) in [6, 6.07) is 0. The van der Waals surface area contributed by atoms with Crippen LogP contribution in [0.3, 0.4) is 0 Å². The molecular weight excluding hydrogens is 188 g/mol. The van der Waals surface area contributed by atoms with Crippen LogP contribution >= 0.6 is 0 Å². The summed E-state index contributed by atoms with van der Waals surface area (Å²) >= 11 is 0. The Morgan fingerprint density at radius 2 is 1.87 bits per heavy atom. The summed E-state index contributed by atoms with van der Waals surface area (Å²) in [6.07, 6.45) is 3.12. The molecule has 0 N–H and O–H groups in total. The molecule has 1 heterocycles. The van der Waals surface area contributed by atoms with Crippen LogP contribution in [0.4, 0.5) is 0 Å². The minimum absolute atomic E-state index is 0.0563. The van der Waals surface area contributed by atoms with Crippen LogP contribution in [0.5, 0.6) is 0 Å². The number of hydrogen-bond acceptors (Lipinski definition) is 2. The van der Waals surface area contributed by atoms with Gasteiger partial charge in [0, 0.05) is 5.92 Å². The van der Waals surface area contributed by atoms with Gasteiger partial charge in [-0.2, -0.15) is 0 Å². The van der Waals surface area contributed by atoms with E-state index >= 15 is 0 Å². The fourth-order valence-electron chi connectivity index (χ4n) is 2.31. The normalized spacial score (nSPS) is 41.5. The van der Waals surface area contributed by atoms with Crippen LogP contribution in [-0.2, 0) is 9.47 Å². The van der Waals surface area contributed by atoms with Crippen molar-refractivity contribution in [3.63, 3.8) is 0 Å². The fourth-order valence-corrected chi connectivity index (χ4v) is 2.31. The molecule has 0 radical (unpaired) electrons. The number of rotatable bonds is 4. The molecule has 5 atom stereocenters. The lowest BCUT2D eigenvalue weighted by molar-refractivity contribution is -0.244. The molecule has 1 aliphatic rings. The molecule has 15 heavy (non-hydrogen) atoms. The topological polar surface area (TPSA) is 18.5 Å². The highest BCUT2D eigenvalue weighted by Gasteiger charge is 2.38. The van der Waals surface area contributed by atoms with E-state index < -0.39 is 0 Å². The first-order valence-electron chi connectivity index (χ1n) is 5.99. The van der Waals surface area contributed by atoms with Crippen molar-refractivity contribution in [2.75, 3.05) is 6.61 Å². The largest absolute Gasteiger partial charge is 0.349 e. The molecule has 0 aromatic heterocycles. The second kappa shape index (κ2) is 5.66. The van der Waals surface area contributed by atoms with Crippen LogP contribution in [0, 0.1) is 17.8 Å². The molecule has 0 spiro atoms. The maximum Gasteiger partial charge on any atom is 0.161 e. The van der Waals surface area contributed by atoms with Crippen LogP contribution < -0.4 is 0 Å². The standard InChI is InChI=1S/C13H24O2/c1-6-8-14-13-11(5)9(3)10(4)12(7-2)15-13/h6,9-13H,1,7-8H2,2-5H3/t9?,10-,11-,12?,13+/m1/s1. The lowest BCUT2D eigenvalue weighted by atomic mass is 9.78. The summed E-state index contributed by atoms with van der Waals surface area (Å²) in [5.41, 5.74) is 0. The lowest BCUT2D eigenvalue weighted by Crippen LogP contribution is -2.45. The van der Waals surface area contributed by atoms with Gasteiger partial charge in [0.2, 0.25) is 0 Å². The van der Waals surface area contributed by atoms with Crippen LogP contribution in [0.1, 0.15) is 34.1 Å². The highest BCUT2D eigenvalue weighted by atomic mass is 16.7. The molecule has 0 bridgehead atoms. The van der Waals surface area contributed by atoms with E-state index in [0.717, 1.165) is 6.42 Å². The Hall–Kier alpha value is -0.340. The summed E-state index contributed by atoms with van der Waals surface area (Å²) in [5, 5.41) is 0. The molecule has 0 aromatic rings.